The summed E-state index contributed by atoms with van der Waals surface area (Å²) in [7, 11) is 1.77. The van der Waals surface area contributed by atoms with Gasteiger partial charge in [0.1, 0.15) is 0 Å². The first kappa shape index (κ1) is 19.0. The molecule has 0 spiro atoms. The summed E-state index contributed by atoms with van der Waals surface area (Å²) in [6.45, 7) is 5.89. The van der Waals surface area contributed by atoms with E-state index in [0.29, 0.717) is 23.8 Å². The lowest BCUT2D eigenvalue weighted by molar-refractivity contribution is 0.167. The second kappa shape index (κ2) is 7.36. The molecule has 2 aromatic carbocycles. The van der Waals surface area contributed by atoms with Crippen molar-refractivity contribution in [2.45, 2.75) is 45.8 Å². The van der Waals surface area contributed by atoms with Crippen LogP contribution in [-0.2, 0) is 20.1 Å². The van der Waals surface area contributed by atoms with Gasteiger partial charge in [0.2, 0.25) is 5.78 Å². The Kier molecular flexibility index (Phi) is 4.66. The summed E-state index contributed by atoms with van der Waals surface area (Å²) in [5.74, 6) is 2.21. The Balaban J connectivity index is 1.60. The van der Waals surface area contributed by atoms with Gasteiger partial charge in [0.25, 0.3) is 5.56 Å². The van der Waals surface area contributed by atoms with Crippen molar-refractivity contribution in [1.29, 1.82) is 0 Å². The second-order valence-corrected chi connectivity index (χ2v) is 8.61. The van der Waals surface area contributed by atoms with Crippen LogP contribution in [-0.4, -0.2) is 30.1 Å². The molecule has 5 rings (SSSR count). The molecular weight excluding hydrogens is 374 g/mol. The van der Waals surface area contributed by atoms with Crippen molar-refractivity contribution >= 4 is 16.7 Å². The number of nitrogens with zero attached hydrogens (tertiary/aromatic N) is 5. The van der Waals surface area contributed by atoms with Gasteiger partial charge in [-0.05, 0) is 50.3 Å². The van der Waals surface area contributed by atoms with Gasteiger partial charge in [-0.3, -0.25) is 18.7 Å². The standard InChI is InChI=1S/C24H27N5O/c1-16-9-12-21-20(13-16)23(30)27(3)24-26-25-22(29(21)24)15-28(17(2)19-10-11-19)14-18-7-5-4-6-8-18/h4-9,12-13,17,19H,10-11,14-15H2,1-3H3. The molecule has 6 nitrogen and oxygen atoms in total. The Morgan fingerprint density at radius 2 is 1.87 bits per heavy atom. The molecule has 0 N–H and O–H groups in total. The van der Waals surface area contributed by atoms with Crippen LogP contribution < -0.4 is 5.56 Å². The molecule has 2 aromatic heterocycles. The number of aromatic nitrogens is 4. The van der Waals surface area contributed by atoms with Crippen molar-refractivity contribution in [3.8, 4) is 0 Å². The summed E-state index contributed by atoms with van der Waals surface area (Å²) < 4.78 is 3.65. The number of fused-ring (bicyclic) bond motifs is 3. The molecule has 4 aromatic rings. The summed E-state index contributed by atoms with van der Waals surface area (Å²) in [5.41, 5.74) is 3.21. The Bertz CT molecular complexity index is 1270. The van der Waals surface area contributed by atoms with Gasteiger partial charge < -0.3 is 0 Å². The smallest absolute Gasteiger partial charge is 0.262 e. The third-order valence-electron chi connectivity index (χ3n) is 6.39. The monoisotopic (exact) mass is 401 g/mol. The summed E-state index contributed by atoms with van der Waals surface area (Å²) in [6.07, 6.45) is 2.59. The van der Waals surface area contributed by atoms with Crippen LogP contribution in [0.1, 0.15) is 36.7 Å². The van der Waals surface area contributed by atoms with Gasteiger partial charge in [-0.1, -0.05) is 42.0 Å². The lowest BCUT2D eigenvalue weighted by Gasteiger charge is -2.28. The van der Waals surface area contributed by atoms with Gasteiger partial charge in [-0.15, -0.1) is 10.2 Å². The molecule has 0 saturated heterocycles. The molecule has 1 aliphatic rings. The molecule has 1 unspecified atom stereocenters. The number of benzene rings is 2. The quantitative estimate of drug-likeness (QED) is 0.494. The zero-order valence-electron chi connectivity index (χ0n) is 17.7. The average molecular weight is 402 g/mol. The highest BCUT2D eigenvalue weighted by molar-refractivity contribution is 5.81. The fraction of sp³-hybridized carbons (Fsp3) is 0.375. The highest BCUT2D eigenvalue weighted by atomic mass is 16.1. The van der Waals surface area contributed by atoms with E-state index >= 15 is 0 Å². The zero-order chi connectivity index (χ0) is 20.8. The van der Waals surface area contributed by atoms with Crippen molar-refractivity contribution in [3.63, 3.8) is 0 Å². The van der Waals surface area contributed by atoms with Crippen LogP contribution in [0.2, 0.25) is 0 Å². The van der Waals surface area contributed by atoms with E-state index in [4.69, 9.17) is 0 Å². The Labute approximate surface area is 175 Å². The van der Waals surface area contributed by atoms with Gasteiger partial charge in [-0.25, -0.2) is 0 Å². The molecule has 0 radical (unpaired) electrons. The minimum Gasteiger partial charge on any atom is -0.289 e. The summed E-state index contributed by atoms with van der Waals surface area (Å²) in [5, 5.41) is 9.61. The van der Waals surface area contributed by atoms with E-state index < -0.39 is 0 Å². The maximum atomic E-state index is 12.8. The Morgan fingerprint density at radius 3 is 2.60 bits per heavy atom. The van der Waals surface area contributed by atoms with E-state index in [0.717, 1.165) is 29.4 Å². The third-order valence-corrected chi connectivity index (χ3v) is 6.39. The van der Waals surface area contributed by atoms with E-state index in [2.05, 4.69) is 52.4 Å². The number of hydrogen-bond acceptors (Lipinski definition) is 4. The fourth-order valence-corrected chi connectivity index (χ4v) is 4.38. The SMILES string of the molecule is Cc1ccc2c(c1)c(=O)n(C)c1nnc(CN(Cc3ccccc3)C(C)C3CC3)n21. The van der Waals surface area contributed by atoms with Crippen LogP contribution in [0, 0.1) is 12.8 Å². The van der Waals surface area contributed by atoms with E-state index in [1.165, 1.54) is 18.4 Å². The lowest BCUT2D eigenvalue weighted by Crippen LogP contribution is -2.34. The summed E-state index contributed by atoms with van der Waals surface area (Å²) in [4.78, 5) is 15.3. The molecular formula is C24H27N5O. The van der Waals surface area contributed by atoms with Gasteiger partial charge in [0, 0.05) is 19.6 Å². The lowest BCUT2D eigenvalue weighted by atomic mass is 10.1. The van der Waals surface area contributed by atoms with Crippen molar-refractivity contribution in [1.82, 2.24) is 24.1 Å². The largest absolute Gasteiger partial charge is 0.289 e. The van der Waals surface area contributed by atoms with Crippen molar-refractivity contribution in [3.05, 3.63) is 75.8 Å². The molecule has 154 valence electrons. The van der Waals surface area contributed by atoms with Crippen LogP contribution in [0.5, 0.6) is 0 Å². The highest BCUT2D eigenvalue weighted by Gasteiger charge is 2.32. The van der Waals surface area contributed by atoms with Crippen molar-refractivity contribution < 1.29 is 0 Å². The number of rotatable bonds is 6. The van der Waals surface area contributed by atoms with Gasteiger partial charge >= 0.3 is 0 Å². The van der Waals surface area contributed by atoms with Crippen molar-refractivity contribution in [2.75, 3.05) is 0 Å². The van der Waals surface area contributed by atoms with Crippen LogP contribution >= 0.6 is 0 Å². The molecule has 1 fully saturated rings. The van der Waals surface area contributed by atoms with Gasteiger partial charge in [0.05, 0.1) is 17.4 Å². The molecule has 1 atom stereocenters. The van der Waals surface area contributed by atoms with Crippen LogP contribution in [0.3, 0.4) is 0 Å². The molecule has 1 saturated carbocycles. The predicted octanol–water partition coefficient (Wildman–Crippen LogP) is 3.69. The maximum Gasteiger partial charge on any atom is 0.262 e. The average Bonchev–Trinajstić information content (AvgIpc) is 3.52. The van der Waals surface area contributed by atoms with Gasteiger partial charge in [0.15, 0.2) is 5.82 Å². The van der Waals surface area contributed by atoms with Crippen LogP contribution in [0.15, 0.2) is 53.3 Å². The molecule has 6 heteroatoms. The molecule has 1 aliphatic carbocycles. The van der Waals surface area contributed by atoms with E-state index in [9.17, 15) is 4.79 Å². The van der Waals surface area contributed by atoms with Crippen LogP contribution in [0.4, 0.5) is 0 Å². The Hall–Kier alpha value is -2.99. The van der Waals surface area contributed by atoms with E-state index in [-0.39, 0.29) is 5.56 Å². The first-order valence-electron chi connectivity index (χ1n) is 10.6. The van der Waals surface area contributed by atoms with E-state index in [1.807, 2.05) is 29.5 Å². The molecule has 0 amide bonds. The molecule has 0 bridgehead atoms. The predicted molar refractivity (Wildman–Crippen MR) is 118 cm³/mol. The topological polar surface area (TPSA) is 55.4 Å². The maximum absolute atomic E-state index is 12.8. The van der Waals surface area contributed by atoms with Crippen molar-refractivity contribution in [2.24, 2.45) is 13.0 Å². The normalized spacial score (nSPS) is 15.3. The second-order valence-electron chi connectivity index (χ2n) is 8.61. The van der Waals surface area contributed by atoms with Gasteiger partial charge in [-0.2, -0.15) is 0 Å². The first-order chi connectivity index (χ1) is 14.5. The number of hydrogen-bond donors (Lipinski definition) is 0. The minimum absolute atomic E-state index is 0.0346. The molecule has 0 aliphatic heterocycles. The minimum atomic E-state index is -0.0346. The zero-order valence-corrected chi connectivity index (χ0v) is 17.7. The highest BCUT2D eigenvalue weighted by Crippen LogP contribution is 2.36. The van der Waals surface area contributed by atoms with E-state index in [1.54, 1.807) is 11.6 Å². The number of aryl methyl sites for hydroxylation is 2. The first-order valence-corrected chi connectivity index (χ1v) is 10.6. The van der Waals surface area contributed by atoms with Crippen LogP contribution in [0.25, 0.3) is 16.7 Å². The molecule has 30 heavy (non-hydrogen) atoms. The molecule has 2 heterocycles. The summed E-state index contributed by atoms with van der Waals surface area (Å²) >= 11 is 0. The fourth-order valence-electron chi connectivity index (χ4n) is 4.38. The third kappa shape index (κ3) is 3.31. The Morgan fingerprint density at radius 1 is 1.10 bits per heavy atom. The summed E-state index contributed by atoms with van der Waals surface area (Å²) in [6, 6.07) is 17.1.